The van der Waals surface area contributed by atoms with Gasteiger partial charge in [0.15, 0.2) is 6.29 Å². The van der Waals surface area contributed by atoms with Crippen molar-refractivity contribution >= 4 is 6.09 Å². The Morgan fingerprint density at radius 1 is 1.26 bits per heavy atom. The molecule has 6 heteroatoms. The molecule has 1 aliphatic rings. The molecule has 23 heavy (non-hydrogen) atoms. The monoisotopic (exact) mass is 323 g/mol. The summed E-state index contributed by atoms with van der Waals surface area (Å²) in [4.78, 5) is 11.9. The molecule has 1 aromatic rings. The maximum Gasteiger partial charge on any atom is 0.408 e. The fourth-order valence-corrected chi connectivity index (χ4v) is 2.63. The molecule has 6 nitrogen and oxygen atoms in total. The molecular weight excluding hydrogens is 298 g/mol. The van der Waals surface area contributed by atoms with Gasteiger partial charge in [-0.1, -0.05) is 19.1 Å². The average Bonchev–Trinajstić information content (AvgIpc) is 2.73. The molecule has 0 bridgehead atoms. The van der Waals surface area contributed by atoms with E-state index in [1.807, 2.05) is 31.2 Å². The second kappa shape index (κ2) is 6.76. The van der Waals surface area contributed by atoms with Gasteiger partial charge < -0.3 is 24.6 Å². The van der Waals surface area contributed by atoms with Gasteiger partial charge in [0.2, 0.25) is 0 Å². The summed E-state index contributed by atoms with van der Waals surface area (Å²) in [6, 6.07) is 6.93. The lowest BCUT2D eigenvalue weighted by Gasteiger charge is -2.24. The molecule has 1 fully saturated rings. The number of carbonyl (C=O) groups is 1. The third-order valence-corrected chi connectivity index (χ3v) is 3.76. The number of amides is 1. The van der Waals surface area contributed by atoms with Crippen molar-refractivity contribution in [3.8, 4) is 5.75 Å². The van der Waals surface area contributed by atoms with Crippen LogP contribution in [0.5, 0.6) is 5.75 Å². The fourth-order valence-electron chi connectivity index (χ4n) is 2.63. The van der Waals surface area contributed by atoms with E-state index in [0.29, 0.717) is 0 Å². The minimum Gasteiger partial charge on any atom is -0.497 e. The van der Waals surface area contributed by atoms with Gasteiger partial charge in [0, 0.05) is 5.92 Å². The molecule has 0 aromatic heterocycles. The molecular formula is C17H25NO5. The summed E-state index contributed by atoms with van der Waals surface area (Å²) >= 11 is 0. The Hall–Kier alpha value is -1.79. The van der Waals surface area contributed by atoms with Crippen molar-refractivity contribution in [3.05, 3.63) is 29.8 Å². The first-order chi connectivity index (χ1) is 10.7. The first-order valence-electron chi connectivity index (χ1n) is 7.68. The Bertz CT molecular complexity index is 537. The quantitative estimate of drug-likeness (QED) is 0.894. The predicted molar refractivity (Wildman–Crippen MR) is 85.1 cm³/mol. The highest BCUT2D eigenvalue weighted by Gasteiger charge is 2.43. The molecule has 0 saturated carbocycles. The van der Waals surface area contributed by atoms with E-state index >= 15 is 0 Å². The van der Waals surface area contributed by atoms with Crippen molar-refractivity contribution in [1.29, 1.82) is 0 Å². The number of carbonyl (C=O) groups excluding carboxylic acids is 1. The van der Waals surface area contributed by atoms with Crippen LogP contribution < -0.4 is 10.1 Å². The molecule has 4 atom stereocenters. The molecule has 0 spiro atoms. The van der Waals surface area contributed by atoms with Crippen molar-refractivity contribution in [2.24, 2.45) is 5.92 Å². The minimum atomic E-state index is -1.08. The van der Waals surface area contributed by atoms with Crippen LogP contribution in [-0.4, -0.2) is 36.2 Å². The number of hydrogen-bond donors (Lipinski definition) is 2. The van der Waals surface area contributed by atoms with Gasteiger partial charge in [0.05, 0.1) is 19.3 Å². The maximum absolute atomic E-state index is 11.9. The van der Waals surface area contributed by atoms with E-state index in [4.69, 9.17) is 14.2 Å². The van der Waals surface area contributed by atoms with Crippen LogP contribution in [0, 0.1) is 5.92 Å². The number of hydrogen-bond acceptors (Lipinski definition) is 5. The van der Waals surface area contributed by atoms with Gasteiger partial charge in [-0.15, -0.1) is 0 Å². The van der Waals surface area contributed by atoms with Crippen molar-refractivity contribution < 1.29 is 24.1 Å². The number of methoxy groups -OCH3 is 1. The Kier molecular flexibility index (Phi) is 5.16. The van der Waals surface area contributed by atoms with Gasteiger partial charge in [-0.2, -0.15) is 0 Å². The number of benzene rings is 1. The SMILES string of the molecule is COc1ccc([C@H]2OC(O)[C@@H](NC(=O)OC(C)(C)C)[C@@H]2C)cc1. The van der Waals surface area contributed by atoms with Gasteiger partial charge in [0.1, 0.15) is 11.4 Å². The number of alkyl carbamates (subject to hydrolysis) is 1. The summed E-state index contributed by atoms with van der Waals surface area (Å²) in [5.74, 6) is 0.647. The van der Waals surface area contributed by atoms with Crippen LogP contribution in [0.25, 0.3) is 0 Å². The second-order valence-corrected chi connectivity index (χ2v) is 6.75. The van der Waals surface area contributed by atoms with Crippen LogP contribution in [0.2, 0.25) is 0 Å². The molecule has 1 amide bonds. The number of aliphatic hydroxyl groups excluding tert-OH is 1. The summed E-state index contributed by atoms with van der Waals surface area (Å²) < 4.78 is 16.0. The van der Waals surface area contributed by atoms with Crippen LogP contribution in [-0.2, 0) is 9.47 Å². The molecule has 1 unspecified atom stereocenters. The van der Waals surface area contributed by atoms with Gasteiger partial charge in [-0.25, -0.2) is 4.79 Å². The van der Waals surface area contributed by atoms with E-state index in [9.17, 15) is 9.90 Å². The number of ether oxygens (including phenoxy) is 3. The summed E-state index contributed by atoms with van der Waals surface area (Å²) in [5, 5.41) is 12.8. The lowest BCUT2D eigenvalue weighted by atomic mass is 9.93. The summed E-state index contributed by atoms with van der Waals surface area (Å²) in [6.45, 7) is 7.29. The topological polar surface area (TPSA) is 77.0 Å². The molecule has 0 radical (unpaired) electrons. The van der Waals surface area contributed by atoms with E-state index in [0.717, 1.165) is 11.3 Å². The van der Waals surface area contributed by atoms with Crippen molar-refractivity contribution in [2.45, 2.75) is 51.7 Å². The molecule has 1 saturated heterocycles. The molecule has 1 aliphatic heterocycles. The molecule has 2 N–H and O–H groups in total. The van der Waals surface area contributed by atoms with Gasteiger partial charge >= 0.3 is 6.09 Å². The highest BCUT2D eigenvalue weighted by molar-refractivity contribution is 5.68. The van der Waals surface area contributed by atoms with Crippen LogP contribution in [0.15, 0.2) is 24.3 Å². The number of aliphatic hydroxyl groups is 1. The lowest BCUT2D eigenvalue weighted by molar-refractivity contribution is -0.102. The number of rotatable bonds is 3. The Labute approximate surface area is 136 Å². The third-order valence-electron chi connectivity index (χ3n) is 3.76. The van der Waals surface area contributed by atoms with Crippen LogP contribution in [0.3, 0.4) is 0 Å². The van der Waals surface area contributed by atoms with Crippen molar-refractivity contribution in [3.63, 3.8) is 0 Å². The highest BCUT2D eigenvalue weighted by Crippen LogP contribution is 2.38. The molecule has 128 valence electrons. The van der Waals surface area contributed by atoms with Crippen LogP contribution in [0.4, 0.5) is 4.79 Å². The Balaban J connectivity index is 2.05. The van der Waals surface area contributed by atoms with Gasteiger partial charge in [-0.3, -0.25) is 0 Å². The maximum atomic E-state index is 11.9. The smallest absolute Gasteiger partial charge is 0.408 e. The first kappa shape index (κ1) is 17.6. The summed E-state index contributed by atoms with van der Waals surface area (Å²) in [6.07, 6.45) is -1.95. The normalized spacial score (nSPS) is 27.6. The lowest BCUT2D eigenvalue weighted by Crippen LogP contribution is -2.45. The standard InChI is InChI=1S/C17H25NO5/c1-10-13(18-16(20)23-17(2,3)4)15(19)22-14(10)11-6-8-12(21-5)9-7-11/h6-10,13-15,19H,1-5H3,(H,18,20)/t10-,13-,14-,15?/m0/s1. The average molecular weight is 323 g/mol. The summed E-state index contributed by atoms with van der Waals surface area (Å²) in [5.41, 5.74) is 0.332. The summed E-state index contributed by atoms with van der Waals surface area (Å²) in [7, 11) is 1.61. The zero-order valence-corrected chi connectivity index (χ0v) is 14.2. The number of nitrogens with one attached hydrogen (secondary N) is 1. The zero-order chi connectivity index (χ0) is 17.2. The third kappa shape index (κ3) is 4.36. The van der Waals surface area contributed by atoms with Crippen molar-refractivity contribution in [2.75, 3.05) is 7.11 Å². The Morgan fingerprint density at radius 3 is 2.39 bits per heavy atom. The first-order valence-corrected chi connectivity index (χ1v) is 7.68. The van der Waals surface area contributed by atoms with E-state index in [-0.39, 0.29) is 12.0 Å². The molecule has 1 aromatic carbocycles. The van der Waals surface area contributed by atoms with Gasteiger partial charge in [0.25, 0.3) is 0 Å². The zero-order valence-electron chi connectivity index (χ0n) is 14.2. The van der Waals surface area contributed by atoms with E-state index in [2.05, 4.69) is 5.32 Å². The van der Waals surface area contributed by atoms with E-state index < -0.39 is 24.0 Å². The molecule has 2 rings (SSSR count). The van der Waals surface area contributed by atoms with E-state index in [1.54, 1.807) is 27.9 Å². The van der Waals surface area contributed by atoms with E-state index in [1.165, 1.54) is 0 Å². The fraction of sp³-hybridized carbons (Fsp3) is 0.588. The molecule has 1 heterocycles. The highest BCUT2D eigenvalue weighted by atomic mass is 16.6. The minimum absolute atomic E-state index is 0.106. The van der Waals surface area contributed by atoms with Crippen LogP contribution in [0.1, 0.15) is 39.4 Å². The van der Waals surface area contributed by atoms with Gasteiger partial charge in [-0.05, 0) is 38.5 Å². The van der Waals surface area contributed by atoms with Crippen molar-refractivity contribution in [1.82, 2.24) is 5.32 Å². The largest absolute Gasteiger partial charge is 0.497 e. The molecule has 0 aliphatic carbocycles. The Morgan fingerprint density at radius 2 is 1.87 bits per heavy atom. The van der Waals surface area contributed by atoms with Crippen LogP contribution >= 0.6 is 0 Å². The second-order valence-electron chi connectivity index (χ2n) is 6.75. The predicted octanol–water partition coefficient (Wildman–Crippen LogP) is 2.61.